The molecule has 10 N–H and O–H groups in total. The van der Waals surface area contributed by atoms with E-state index in [9.17, 15) is 39.0 Å². The third kappa shape index (κ3) is 9.24. The number of carboxylic acid groups (broad SMARTS) is 2. The monoisotopic (exact) mass is 714 g/mol. The lowest BCUT2D eigenvalue weighted by atomic mass is 9.95. The number of carbonyl (C=O) groups excluding carboxylic acids is 4. The van der Waals surface area contributed by atoms with Crippen LogP contribution in [-0.2, 0) is 12.8 Å². The Morgan fingerprint density at radius 1 is 0.500 bits per heavy atom. The number of benzene rings is 4. The molecule has 4 rings (SSSR count). The van der Waals surface area contributed by atoms with Gasteiger partial charge >= 0.3 is 11.9 Å². The van der Waals surface area contributed by atoms with E-state index < -0.39 is 57.9 Å². The van der Waals surface area contributed by atoms with E-state index in [4.69, 9.17) is 22.9 Å². The molecule has 4 aromatic carbocycles. The topological polar surface area (TPSA) is 247 Å². The Labute approximate surface area is 295 Å². The largest absolute Gasteiger partial charge is 0.478 e. The standard InChI is InChI=1S/C36H34N4O8S2/c37-27(17-19-9-13-21(14-10-19)35(45)46)31(29(41)23-5-1-3-7-25(23)33(39)43)49-50-32(30(42)24-6-2-4-8-26(24)34(40)44)28(38)18-20-11-15-22(16-12-20)36(47)48/h1-16,27-28,31-32H,17-18,37-38H2,(H2,39,43)(H2,40,44)(H,45,46)(H,47,48)/t27-,28-,31-,32?/m0/s1. The predicted molar refractivity (Wildman–Crippen MR) is 192 cm³/mol. The average Bonchev–Trinajstić information content (AvgIpc) is 3.10. The molecule has 0 saturated carbocycles. The van der Waals surface area contributed by atoms with E-state index in [0.717, 1.165) is 21.6 Å². The van der Waals surface area contributed by atoms with Crippen molar-refractivity contribution in [2.24, 2.45) is 22.9 Å². The maximum atomic E-state index is 14.2. The Kier molecular flexibility index (Phi) is 12.7. The van der Waals surface area contributed by atoms with E-state index in [1.807, 2.05) is 0 Å². The van der Waals surface area contributed by atoms with Gasteiger partial charge in [0, 0.05) is 34.3 Å². The Balaban J connectivity index is 1.71. The van der Waals surface area contributed by atoms with Gasteiger partial charge in [-0.25, -0.2) is 9.59 Å². The van der Waals surface area contributed by atoms with Crippen molar-refractivity contribution in [1.82, 2.24) is 0 Å². The van der Waals surface area contributed by atoms with E-state index >= 15 is 0 Å². The highest BCUT2D eigenvalue weighted by atomic mass is 33.1. The molecule has 0 aromatic heterocycles. The van der Waals surface area contributed by atoms with Crippen LogP contribution >= 0.6 is 21.6 Å². The third-order valence-corrected chi connectivity index (χ3v) is 11.0. The second kappa shape index (κ2) is 16.9. The number of Topliss-reactive ketones (excluding diaryl/α,β-unsaturated/α-hetero) is 2. The summed E-state index contributed by atoms with van der Waals surface area (Å²) in [5, 5.41) is 16.4. The fraction of sp³-hybridized carbons (Fsp3) is 0.167. The molecule has 0 saturated heterocycles. The van der Waals surface area contributed by atoms with Gasteiger partial charge in [0.05, 0.1) is 21.6 Å². The van der Waals surface area contributed by atoms with Gasteiger partial charge in [-0.05, 0) is 60.4 Å². The third-order valence-electron chi connectivity index (χ3n) is 7.82. The molecule has 258 valence electrons. The number of primary amides is 2. The van der Waals surface area contributed by atoms with Crippen molar-refractivity contribution >= 4 is 56.9 Å². The summed E-state index contributed by atoms with van der Waals surface area (Å²) in [7, 11) is 1.94. The molecule has 0 bridgehead atoms. The molecule has 0 radical (unpaired) electrons. The van der Waals surface area contributed by atoms with Gasteiger partial charge in [-0.3, -0.25) is 19.2 Å². The smallest absolute Gasteiger partial charge is 0.335 e. The summed E-state index contributed by atoms with van der Waals surface area (Å²) >= 11 is 0. The number of hydrogen-bond acceptors (Lipinski definition) is 10. The van der Waals surface area contributed by atoms with Crippen LogP contribution in [0.15, 0.2) is 97.1 Å². The maximum Gasteiger partial charge on any atom is 0.335 e. The molecule has 0 aliphatic rings. The van der Waals surface area contributed by atoms with Crippen molar-refractivity contribution < 1.29 is 39.0 Å². The van der Waals surface area contributed by atoms with Gasteiger partial charge < -0.3 is 33.1 Å². The van der Waals surface area contributed by atoms with Crippen LogP contribution in [-0.4, -0.2) is 68.1 Å². The van der Waals surface area contributed by atoms with Crippen LogP contribution in [0.1, 0.15) is 73.3 Å². The van der Waals surface area contributed by atoms with Crippen LogP contribution in [0.4, 0.5) is 0 Å². The summed E-state index contributed by atoms with van der Waals surface area (Å²) in [6.45, 7) is 0. The van der Waals surface area contributed by atoms with Crippen LogP contribution in [0.25, 0.3) is 0 Å². The van der Waals surface area contributed by atoms with Gasteiger partial charge in [0.15, 0.2) is 11.6 Å². The number of rotatable bonds is 17. The van der Waals surface area contributed by atoms with Crippen molar-refractivity contribution in [3.05, 3.63) is 142 Å². The minimum absolute atomic E-state index is 0.0179. The summed E-state index contributed by atoms with van der Waals surface area (Å²) in [5.41, 5.74) is 25.9. The summed E-state index contributed by atoms with van der Waals surface area (Å²) in [4.78, 5) is 75.6. The Hall–Kier alpha value is -5.28. The predicted octanol–water partition coefficient (Wildman–Crippen LogP) is 3.61. The Morgan fingerprint density at radius 3 is 1.08 bits per heavy atom. The summed E-state index contributed by atoms with van der Waals surface area (Å²) in [5.74, 6) is -4.93. The van der Waals surface area contributed by atoms with Crippen molar-refractivity contribution in [2.75, 3.05) is 0 Å². The molecule has 0 fully saturated rings. The Morgan fingerprint density at radius 2 is 0.800 bits per heavy atom. The van der Waals surface area contributed by atoms with Gasteiger partial charge in [-0.1, -0.05) is 82.3 Å². The van der Waals surface area contributed by atoms with Gasteiger partial charge in [0.1, 0.15) is 0 Å². The van der Waals surface area contributed by atoms with Gasteiger partial charge in [0.25, 0.3) is 0 Å². The van der Waals surface area contributed by atoms with E-state index in [1.54, 1.807) is 48.5 Å². The van der Waals surface area contributed by atoms with Gasteiger partial charge in [-0.15, -0.1) is 0 Å². The first-order valence-corrected chi connectivity index (χ1v) is 17.4. The summed E-state index contributed by atoms with van der Waals surface area (Å²) in [6, 6.07) is 22.2. The SMILES string of the molecule is NC(=O)c1ccccc1C(=O)C(SS[C@H](C(=O)c1ccccc1C(N)=O)[C@@H](N)Cc1ccc(C(=O)O)cc1)[C@@H](N)Cc1ccc(C(=O)O)cc1. The van der Waals surface area contributed by atoms with E-state index in [1.165, 1.54) is 48.5 Å². The Bertz CT molecular complexity index is 1780. The lowest BCUT2D eigenvalue weighted by molar-refractivity contribution is 0.0686. The molecule has 0 aliphatic carbocycles. The summed E-state index contributed by atoms with van der Waals surface area (Å²) in [6.07, 6.45) is 0.238. The van der Waals surface area contributed by atoms with Gasteiger partial charge in [0.2, 0.25) is 11.8 Å². The quantitative estimate of drug-likeness (QED) is 0.0678. The zero-order chi connectivity index (χ0) is 36.5. The molecule has 4 aromatic rings. The number of nitrogens with two attached hydrogens (primary N) is 4. The molecule has 4 atom stereocenters. The fourth-order valence-electron chi connectivity index (χ4n) is 5.20. The molecule has 0 heterocycles. The minimum Gasteiger partial charge on any atom is -0.478 e. The highest BCUT2D eigenvalue weighted by Crippen LogP contribution is 2.38. The first-order chi connectivity index (χ1) is 23.8. The highest BCUT2D eigenvalue weighted by molar-refractivity contribution is 8.77. The molecular weight excluding hydrogens is 681 g/mol. The molecule has 0 spiro atoms. The number of carboxylic acids is 2. The molecule has 12 nitrogen and oxygen atoms in total. The molecule has 14 heteroatoms. The van der Waals surface area contributed by atoms with Crippen LogP contribution in [0.3, 0.4) is 0 Å². The second-order valence-corrected chi connectivity index (χ2v) is 13.9. The minimum atomic E-state index is -1.10. The normalized spacial score (nSPS) is 13.4. The zero-order valence-corrected chi connectivity index (χ0v) is 28.1. The number of hydrogen-bond donors (Lipinski definition) is 6. The maximum absolute atomic E-state index is 14.2. The zero-order valence-electron chi connectivity index (χ0n) is 26.4. The highest BCUT2D eigenvalue weighted by Gasteiger charge is 2.35. The van der Waals surface area contributed by atoms with E-state index in [-0.39, 0.29) is 46.2 Å². The number of aromatic carboxylic acids is 2. The van der Waals surface area contributed by atoms with Crippen molar-refractivity contribution in [1.29, 1.82) is 0 Å². The molecular formula is C36H34N4O8S2. The first kappa shape index (κ1) is 37.5. The van der Waals surface area contributed by atoms with E-state index in [0.29, 0.717) is 11.1 Å². The second-order valence-electron chi connectivity index (χ2n) is 11.3. The first-order valence-electron chi connectivity index (χ1n) is 15.1. The van der Waals surface area contributed by atoms with Crippen molar-refractivity contribution in [2.45, 2.75) is 35.4 Å². The number of ketones is 2. The summed E-state index contributed by atoms with van der Waals surface area (Å²) < 4.78 is 0. The molecule has 2 amide bonds. The van der Waals surface area contributed by atoms with Crippen LogP contribution in [0.2, 0.25) is 0 Å². The number of carbonyl (C=O) groups is 6. The van der Waals surface area contributed by atoms with Gasteiger partial charge in [-0.2, -0.15) is 0 Å². The average molecular weight is 715 g/mol. The lowest BCUT2D eigenvalue weighted by Crippen LogP contribution is -2.43. The van der Waals surface area contributed by atoms with Crippen molar-refractivity contribution in [3.8, 4) is 0 Å². The number of amides is 2. The molecule has 0 aliphatic heterocycles. The van der Waals surface area contributed by atoms with Crippen LogP contribution in [0, 0.1) is 0 Å². The lowest BCUT2D eigenvalue weighted by Gasteiger charge is -2.27. The van der Waals surface area contributed by atoms with Crippen LogP contribution in [0.5, 0.6) is 0 Å². The van der Waals surface area contributed by atoms with E-state index in [2.05, 4.69) is 0 Å². The van der Waals surface area contributed by atoms with Crippen molar-refractivity contribution in [3.63, 3.8) is 0 Å². The molecule has 50 heavy (non-hydrogen) atoms. The molecule has 1 unspecified atom stereocenters. The fourth-order valence-corrected chi connectivity index (χ4v) is 8.44. The van der Waals surface area contributed by atoms with Crippen LogP contribution < -0.4 is 22.9 Å².